The van der Waals surface area contributed by atoms with Gasteiger partial charge in [-0.05, 0) is 31.2 Å². The number of pyridine rings is 1. The van der Waals surface area contributed by atoms with E-state index in [0.29, 0.717) is 10.8 Å². The molecule has 28 heavy (non-hydrogen) atoms. The summed E-state index contributed by atoms with van der Waals surface area (Å²) in [5.74, 6) is 1.47. The maximum atomic E-state index is 6.02. The second-order valence-electron chi connectivity index (χ2n) is 6.08. The first-order chi connectivity index (χ1) is 13.1. The van der Waals surface area contributed by atoms with E-state index in [4.69, 9.17) is 11.6 Å². The molecule has 3 aromatic heterocycles. The van der Waals surface area contributed by atoms with Gasteiger partial charge in [0.25, 0.3) is 0 Å². The first kappa shape index (κ1) is 20.2. The van der Waals surface area contributed by atoms with Crippen LogP contribution in [0.4, 0.5) is 5.82 Å². The molecule has 0 atom stereocenters. The lowest BCUT2D eigenvalue weighted by molar-refractivity contribution is -0.670. The number of aromatic nitrogens is 5. The molecule has 9 heteroatoms. The highest BCUT2D eigenvalue weighted by Crippen LogP contribution is 2.22. The van der Waals surface area contributed by atoms with Crippen LogP contribution in [0.25, 0.3) is 16.7 Å². The van der Waals surface area contributed by atoms with E-state index in [1.54, 1.807) is 18.3 Å². The Morgan fingerprint density at radius 1 is 1.18 bits per heavy atom. The maximum Gasteiger partial charge on any atom is 0.250 e. The molecular weight excluding hydrogens is 489 g/mol. The molecule has 1 aromatic carbocycles. The number of benzene rings is 1. The molecule has 0 unspecified atom stereocenters. The molecule has 0 saturated carbocycles. The Kier molecular flexibility index (Phi) is 6.20. The zero-order valence-corrected chi connectivity index (χ0v) is 18.1. The average molecular weight is 506 g/mol. The highest BCUT2D eigenvalue weighted by molar-refractivity contribution is 6.31. The number of nitrogens with zero attached hydrogens (tertiary/aromatic N) is 6. The predicted octanol–water partition coefficient (Wildman–Crippen LogP) is 0.133. The Morgan fingerprint density at radius 3 is 2.75 bits per heavy atom. The Hall–Kier alpha value is -2.59. The Labute approximate surface area is 184 Å². The Balaban J connectivity index is 0.00000225. The third-order valence-corrected chi connectivity index (χ3v) is 4.36. The van der Waals surface area contributed by atoms with E-state index in [-0.39, 0.29) is 24.0 Å². The minimum atomic E-state index is 0. The molecule has 4 rings (SSSR count). The van der Waals surface area contributed by atoms with Gasteiger partial charge in [0.05, 0.1) is 18.3 Å². The van der Waals surface area contributed by atoms with Crippen LogP contribution < -0.4 is 34.0 Å². The fourth-order valence-corrected chi connectivity index (χ4v) is 2.83. The summed E-state index contributed by atoms with van der Waals surface area (Å²) in [5.41, 5.74) is 5.49. The van der Waals surface area contributed by atoms with Crippen LogP contribution in [-0.4, -0.2) is 25.2 Å². The van der Waals surface area contributed by atoms with Gasteiger partial charge in [-0.15, -0.1) is 0 Å². The zero-order valence-electron chi connectivity index (χ0n) is 15.2. The number of hydrogen-bond donors (Lipinski definition) is 1. The summed E-state index contributed by atoms with van der Waals surface area (Å²) in [6, 6.07) is 9.42. The number of nitrogens with one attached hydrogen (secondary N) is 1. The summed E-state index contributed by atoms with van der Waals surface area (Å²) in [4.78, 5) is 13.0. The SMILES string of the molecule is C/C(=N\Nc1ncnc2cc(Cl)ccc12)c1ccc(-n2cc[n+](C)c2)nc1.[I-]. The summed E-state index contributed by atoms with van der Waals surface area (Å²) < 4.78 is 3.91. The van der Waals surface area contributed by atoms with Crippen molar-refractivity contribution in [3.05, 3.63) is 72.2 Å². The highest BCUT2D eigenvalue weighted by atomic mass is 127. The highest BCUT2D eigenvalue weighted by Gasteiger charge is 2.07. The van der Waals surface area contributed by atoms with Crippen molar-refractivity contribution in [1.82, 2.24) is 19.5 Å². The number of hydrazone groups is 1. The van der Waals surface area contributed by atoms with Crippen molar-refractivity contribution in [1.29, 1.82) is 0 Å². The molecule has 0 bridgehead atoms. The third kappa shape index (κ3) is 4.28. The molecule has 0 amide bonds. The molecule has 0 aliphatic rings. The molecule has 3 heterocycles. The van der Waals surface area contributed by atoms with Crippen LogP contribution >= 0.6 is 11.6 Å². The van der Waals surface area contributed by atoms with Crippen molar-refractivity contribution in [2.24, 2.45) is 12.1 Å². The lowest BCUT2D eigenvalue weighted by atomic mass is 10.2. The van der Waals surface area contributed by atoms with E-state index < -0.39 is 0 Å². The molecule has 0 radical (unpaired) electrons. The van der Waals surface area contributed by atoms with Gasteiger partial charge in [0.2, 0.25) is 12.1 Å². The topological polar surface area (TPSA) is 71.9 Å². The number of hydrogen-bond acceptors (Lipinski definition) is 5. The molecule has 0 aliphatic carbocycles. The van der Waals surface area contributed by atoms with Gasteiger partial charge in [-0.3, -0.25) is 5.43 Å². The molecule has 142 valence electrons. The molecular formula is C19H17ClIN7. The van der Waals surface area contributed by atoms with Crippen molar-refractivity contribution < 1.29 is 28.5 Å². The van der Waals surface area contributed by atoms with Crippen LogP contribution in [0.3, 0.4) is 0 Å². The smallest absolute Gasteiger partial charge is 0.250 e. The number of rotatable bonds is 4. The van der Waals surface area contributed by atoms with Gasteiger partial charge in [0, 0.05) is 28.2 Å². The minimum Gasteiger partial charge on any atom is -1.00 e. The molecule has 0 spiro atoms. The van der Waals surface area contributed by atoms with E-state index in [9.17, 15) is 0 Å². The third-order valence-electron chi connectivity index (χ3n) is 4.13. The van der Waals surface area contributed by atoms with E-state index in [2.05, 4.69) is 25.5 Å². The van der Waals surface area contributed by atoms with Gasteiger partial charge < -0.3 is 24.0 Å². The van der Waals surface area contributed by atoms with Crippen LogP contribution in [0.15, 0.2) is 66.7 Å². The number of anilines is 1. The summed E-state index contributed by atoms with van der Waals surface area (Å²) in [7, 11) is 1.97. The van der Waals surface area contributed by atoms with E-state index in [0.717, 1.165) is 28.0 Å². The van der Waals surface area contributed by atoms with Gasteiger partial charge in [-0.25, -0.2) is 19.5 Å². The number of aryl methyl sites for hydroxylation is 1. The molecule has 7 nitrogen and oxygen atoms in total. The fourth-order valence-electron chi connectivity index (χ4n) is 2.66. The summed E-state index contributed by atoms with van der Waals surface area (Å²) >= 11 is 6.02. The van der Waals surface area contributed by atoms with Crippen LogP contribution in [0.2, 0.25) is 5.02 Å². The number of imidazole rings is 1. The molecule has 0 fully saturated rings. The zero-order chi connectivity index (χ0) is 18.8. The van der Waals surface area contributed by atoms with Gasteiger partial charge in [0.15, 0.2) is 5.82 Å². The van der Waals surface area contributed by atoms with Crippen molar-refractivity contribution >= 4 is 34.0 Å². The fraction of sp³-hybridized carbons (Fsp3) is 0.105. The Bertz CT molecular complexity index is 1140. The van der Waals surface area contributed by atoms with Crippen LogP contribution in [0, 0.1) is 0 Å². The van der Waals surface area contributed by atoms with Crippen LogP contribution in [0.5, 0.6) is 0 Å². The van der Waals surface area contributed by atoms with Crippen molar-refractivity contribution in [2.45, 2.75) is 6.92 Å². The normalized spacial score (nSPS) is 11.3. The molecule has 4 aromatic rings. The van der Waals surface area contributed by atoms with Crippen molar-refractivity contribution in [3.63, 3.8) is 0 Å². The molecule has 0 aliphatic heterocycles. The summed E-state index contributed by atoms with van der Waals surface area (Å²) in [6.07, 6.45) is 9.16. The standard InChI is InChI=1S/C19H17ClN7.HI/c1-13(14-3-6-18(21-10-14)27-8-7-26(2)12-27)24-25-19-16-5-4-15(20)9-17(16)22-11-23-19;/h3-12H,1-2H3,(H,22,23,25);1H/q+1;/p-1/b24-13+;. The minimum absolute atomic E-state index is 0. The van der Waals surface area contributed by atoms with Gasteiger partial charge in [0.1, 0.15) is 18.7 Å². The average Bonchev–Trinajstić information content (AvgIpc) is 3.12. The second-order valence-corrected chi connectivity index (χ2v) is 6.52. The first-order valence-corrected chi connectivity index (χ1v) is 8.68. The van der Waals surface area contributed by atoms with Crippen LogP contribution in [-0.2, 0) is 7.05 Å². The van der Waals surface area contributed by atoms with Crippen LogP contribution in [0.1, 0.15) is 12.5 Å². The quantitative estimate of drug-likeness (QED) is 0.185. The van der Waals surface area contributed by atoms with Crippen molar-refractivity contribution in [3.8, 4) is 5.82 Å². The lowest BCUT2D eigenvalue weighted by Crippen LogP contribution is -3.00. The van der Waals surface area contributed by atoms with Gasteiger partial charge in [-0.1, -0.05) is 11.6 Å². The van der Waals surface area contributed by atoms with E-state index in [1.807, 2.05) is 60.0 Å². The summed E-state index contributed by atoms with van der Waals surface area (Å²) in [6.45, 7) is 1.92. The molecule has 0 saturated heterocycles. The monoisotopic (exact) mass is 505 g/mol. The Morgan fingerprint density at radius 2 is 2.04 bits per heavy atom. The number of halogens is 2. The lowest BCUT2D eigenvalue weighted by Gasteiger charge is -2.06. The maximum absolute atomic E-state index is 6.02. The summed E-state index contributed by atoms with van der Waals surface area (Å²) in [5, 5.41) is 5.92. The molecule has 1 N–H and O–H groups in total. The van der Waals surface area contributed by atoms with E-state index in [1.165, 1.54) is 6.33 Å². The predicted molar refractivity (Wildman–Crippen MR) is 105 cm³/mol. The largest absolute Gasteiger partial charge is 1.00 e. The first-order valence-electron chi connectivity index (χ1n) is 8.31. The van der Waals surface area contributed by atoms with Gasteiger partial charge >= 0.3 is 0 Å². The second kappa shape index (κ2) is 8.61. The van der Waals surface area contributed by atoms with Crippen molar-refractivity contribution in [2.75, 3.05) is 5.43 Å². The van der Waals surface area contributed by atoms with E-state index >= 15 is 0 Å². The number of fused-ring (bicyclic) bond motifs is 1. The van der Waals surface area contributed by atoms with Gasteiger partial charge in [-0.2, -0.15) is 9.67 Å².